The van der Waals surface area contributed by atoms with Crippen LogP contribution in [0, 0.1) is 5.92 Å². The summed E-state index contributed by atoms with van der Waals surface area (Å²) in [6, 6.07) is 0.536. The molecule has 0 aliphatic heterocycles. The smallest absolute Gasteiger partial charge is 0.306 e. The van der Waals surface area contributed by atoms with Crippen molar-refractivity contribution in [2.75, 3.05) is 0 Å². The van der Waals surface area contributed by atoms with Gasteiger partial charge in [0, 0.05) is 6.04 Å². The Balaban J connectivity index is 0.000000165. The van der Waals surface area contributed by atoms with E-state index in [1.54, 1.807) is 0 Å². The van der Waals surface area contributed by atoms with Crippen molar-refractivity contribution < 1.29 is 9.90 Å². The number of carboxylic acid groups (broad SMARTS) is 1. The van der Waals surface area contributed by atoms with Gasteiger partial charge in [0.25, 0.3) is 0 Å². The largest absolute Gasteiger partial charge is 0.481 e. The summed E-state index contributed by atoms with van der Waals surface area (Å²) in [7, 11) is 0. The summed E-state index contributed by atoms with van der Waals surface area (Å²) in [5.41, 5.74) is 5.63. The maximum Gasteiger partial charge on any atom is 0.306 e. The highest BCUT2D eigenvalue weighted by atomic mass is 16.4. The van der Waals surface area contributed by atoms with Crippen LogP contribution in [0.3, 0.4) is 0 Å². The van der Waals surface area contributed by atoms with Crippen LogP contribution >= 0.6 is 0 Å². The highest BCUT2D eigenvalue weighted by molar-refractivity contribution is 5.69. The molecule has 0 heterocycles. The van der Waals surface area contributed by atoms with E-state index in [0.29, 0.717) is 6.04 Å². The van der Waals surface area contributed by atoms with Crippen molar-refractivity contribution in [2.45, 2.75) is 70.3 Å². The molecule has 3 nitrogen and oxygen atoms in total. The van der Waals surface area contributed by atoms with Crippen LogP contribution in [0.5, 0.6) is 0 Å². The van der Waals surface area contributed by atoms with Crippen LogP contribution in [0.1, 0.15) is 64.2 Å². The average Bonchev–Trinajstić information content (AvgIpc) is 2.32. The highest BCUT2D eigenvalue weighted by Crippen LogP contribution is 2.23. The minimum atomic E-state index is -0.602. The summed E-state index contributed by atoms with van der Waals surface area (Å²) in [5.74, 6) is -0.631. The summed E-state index contributed by atoms with van der Waals surface area (Å²) in [6.45, 7) is 0. The molecule has 3 N–H and O–H groups in total. The van der Waals surface area contributed by atoms with E-state index < -0.39 is 5.97 Å². The molecule has 0 bridgehead atoms. The Hall–Kier alpha value is -0.570. The van der Waals surface area contributed by atoms with Crippen LogP contribution in [0.2, 0.25) is 0 Å². The molecule has 0 radical (unpaired) electrons. The molecule has 2 saturated carbocycles. The van der Waals surface area contributed by atoms with Crippen molar-refractivity contribution in [1.29, 1.82) is 0 Å². The Kier molecular flexibility index (Phi) is 6.46. The molecule has 0 atom stereocenters. The van der Waals surface area contributed by atoms with Gasteiger partial charge >= 0.3 is 5.97 Å². The molecular weight excluding hydrogens is 202 g/mol. The summed E-state index contributed by atoms with van der Waals surface area (Å²) in [4.78, 5) is 10.4. The standard InChI is InChI=1S/C7H12O2.C6H13N/c8-7(9)6-4-2-1-3-5-6;7-6-4-2-1-3-5-6/h6H,1-5H2,(H,8,9);6H,1-5,7H2. The summed E-state index contributed by atoms with van der Waals surface area (Å²) >= 11 is 0. The fourth-order valence-corrected chi connectivity index (χ4v) is 2.48. The van der Waals surface area contributed by atoms with E-state index in [-0.39, 0.29) is 5.92 Å². The number of aliphatic carboxylic acids is 1. The van der Waals surface area contributed by atoms with Gasteiger partial charge in [0.2, 0.25) is 0 Å². The van der Waals surface area contributed by atoms with E-state index in [9.17, 15) is 4.79 Å². The van der Waals surface area contributed by atoms with Crippen molar-refractivity contribution in [2.24, 2.45) is 11.7 Å². The van der Waals surface area contributed by atoms with Crippen molar-refractivity contribution in [3.8, 4) is 0 Å². The van der Waals surface area contributed by atoms with Gasteiger partial charge in [-0.15, -0.1) is 0 Å². The van der Waals surface area contributed by atoms with Gasteiger partial charge in [-0.05, 0) is 25.7 Å². The minimum absolute atomic E-state index is 0.0289. The third-order valence-electron chi connectivity index (χ3n) is 3.60. The number of rotatable bonds is 1. The second-order valence-electron chi connectivity index (χ2n) is 5.07. The molecule has 16 heavy (non-hydrogen) atoms. The Bertz CT molecular complexity index is 194. The molecule has 2 rings (SSSR count). The molecule has 0 aromatic rings. The molecule has 0 unspecified atom stereocenters. The lowest BCUT2D eigenvalue weighted by Crippen LogP contribution is -2.22. The molecule has 2 aliphatic carbocycles. The predicted molar refractivity (Wildman–Crippen MR) is 65.3 cm³/mol. The number of hydrogen-bond acceptors (Lipinski definition) is 2. The van der Waals surface area contributed by atoms with E-state index in [1.807, 2.05) is 0 Å². The van der Waals surface area contributed by atoms with Crippen LogP contribution in [0.25, 0.3) is 0 Å². The molecule has 3 heteroatoms. The van der Waals surface area contributed by atoms with Gasteiger partial charge in [-0.3, -0.25) is 4.79 Å². The maximum atomic E-state index is 10.4. The van der Waals surface area contributed by atoms with E-state index >= 15 is 0 Å². The van der Waals surface area contributed by atoms with Crippen molar-refractivity contribution in [3.05, 3.63) is 0 Å². The van der Waals surface area contributed by atoms with Crippen LogP contribution in [-0.2, 0) is 4.79 Å². The van der Waals surface area contributed by atoms with Crippen LogP contribution in [0.15, 0.2) is 0 Å². The van der Waals surface area contributed by atoms with E-state index in [0.717, 1.165) is 25.7 Å². The summed E-state index contributed by atoms with van der Waals surface area (Å²) in [6.07, 6.45) is 11.9. The van der Waals surface area contributed by atoms with Gasteiger partial charge in [0.05, 0.1) is 5.92 Å². The van der Waals surface area contributed by atoms with Crippen LogP contribution in [0.4, 0.5) is 0 Å². The monoisotopic (exact) mass is 227 g/mol. The van der Waals surface area contributed by atoms with Gasteiger partial charge in [-0.2, -0.15) is 0 Å². The van der Waals surface area contributed by atoms with E-state index in [4.69, 9.17) is 10.8 Å². The van der Waals surface area contributed by atoms with Gasteiger partial charge < -0.3 is 10.8 Å². The fraction of sp³-hybridized carbons (Fsp3) is 0.923. The molecule has 94 valence electrons. The first-order valence-corrected chi connectivity index (χ1v) is 6.68. The minimum Gasteiger partial charge on any atom is -0.481 e. The molecule has 0 aromatic carbocycles. The zero-order chi connectivity index (χ0) is 11.8. The molecule has 0 aromatic heterocycles. The van der Waals surface area contributed by atoms with Gasteiger partial charge in [0.1, 0.15) is 0 Å². The number of carbonyl (C=O) groups is 1. The Morgan fingerprint density at radius 1 is 0.875 bits per heavy atom. The third kappa shape index (κ3) is 5.50. The Morgan fingerprint density at radius 3 is 1.56 bits per heavy atom. The van der Waals surface area contributed by atoms with Crippen LogP contribution in [-0.4, -0.2) is 17.1 Å². The lowest BCUT2D eigenvalue weighted by Gasteiger charge is -2.16. The normalized spacial score (nSPS) is 23.3. The third-order valence-corrected chi connectivity index (χ3v) is 3.60. The highest BCUT2D eigenvalue weighted by Gasteiger charge is 2.19. The lowest BCUT2D eigenvalue weighted by atomic mass is 9.90. The Morgan fingerprint density at radius 2 is 1.31 bits per heavy atom. The predicted octanol–water partition coefficient (Wildman–Crippen LogP) is 2.93. The second kappa shape index (κ2) is 7.66. The SMILES string of the molecule is NC1CCCCC1.O=C(O)C1CCCCC1. The number of hydrogen-bond donors (Lipinski definition) is 2. The number of nitrogens with two attached hydrogens (primary N) is 1. The van der Waals surface area contributed by atoms with Gasteiger partial charge in [-0.1, -0.05) is 38.5 Å². The van der Waals surface area contributed by atoms with E-state index in [2.05, 4.69) is 0 Å². The molecular formula is C13H25NO2. The van der Waals surface area contributed by atoms with Crippen molar-refractivity contribution in [3.63, 3.8) is 0 Å². The number of carboxylic acids is 1. The average molecular weight is 227 g/mol. The zero-order valence-corrected chi connectivity index (χ0v) is 10.2. The first-order chi connectivity index (χ1) is 7.70. The summed E-state index contributed by atoms with van der Waals surface area (Å²) in [5, 5.41) is 8.54. The maximum absolute atomic E-state index is 10.4. The zero-order valence-electron chi connectivity index (χ0n) is 10.2. The molecule has 0 saturated heterocycles. The lowest BCUT2D eigenvalue weighted by molar-refractivity contribution is -0.142. The van der Waals surface area contributed by atoms with Crippen molar-refractivity contribution >= 4 is 5.97 Å². The molecule has 0 amide bonds. The quantitative estimate of drug-likeness (QED) is 0.724. The summed E-state index contributed by atoms with van der Waals surface area (Å²) < 4.78 is 0. The molecule has 2 aliphatic rings. The second-order valence-corrected chi connectivity index (χ2v) is 5.07. The van der Waals surface area contributed by atoms with E-state index in [1.165, 1.54) is 38.5 Å². The van der Waals surface area contributed by atoms with Gasteiger partial charge in [-0.25, -0.2) is 0 Å². The first kappa shape index (κ1) is 13.5. The van der Waals surface area contributed by atoms with Crippen molar-refractivity contribution in [1.82, 2.24) is 0 Å². The molecule has 2 fully saturated rings. The van der Waals surface area contributed by atoms with Gasteiger partial charge in [0.15, 0.2) is 0 Å². The van der Waals surface area contributed by atoms with Crippen LogP contribution < -0.4 is 5.73 Å². The topological polar surface area (TPSA) is 63.3 Å². The molecule has 0 spiro atoms. The Labute approximate surface area is 98.4 Å². The fourth-order valence-electron chi connectivity index (χ4n) is 2.48. The first-order valence-electron chi connectivity index (χ1n) is 6.68.